The van der Waals surface area contributed by atoms with Gasteiger partial charge in [0.2, 0.25) is 0 Å². The molecule has 20 heavy (non-hydrogen) atoms. The fourth-order valence-electron chi connectivity index (χ4n) is 2.55. The van der Waals surface area contributed by atoms with Crippen molar-refractivity contribution in [3.8, 4) is 0 Å². The van der Waals surface area contributed by atoms with Gasteiger partial charge in [-0.05, 0) is 30.4 Å². The summed E-state index contributed by atoms with van der Waals surface area (Å²) < 4.78 is 26.9. The maximum absolute atomic E-state index is 13.7. The predicted molar refractivity (Wildman–Crippen MR) is 75.1 cm³/mol. The molecule has 0 spiro atoms. The number of halogens is 2. The van der Waals surface area contributed by atoms with Crippen molar-refractivity contribution in [3.05, 3.63) is 71.3 Å². The Labute approximate surface area is 117 Å². The first-order valence-corrected chi connectivity index (χ1v) is 6.97. The lowest BCUT2D eigenvalue weighted by atomic mass is 10.0. The second-order valence-electron chi connectivity index (χ2n) is 5.32. The lowest BCUT2D eigenvalue weighted by Crippen LogP contribution is -2.23. The van der Waals surface area contributed by atoms with Gasteiger partial charge in [0.15, 0.2) is 11.6 Å². The third-order valence-corrected chi connectivity index (χ3v) is 3.80. The summed E-state index contributed by atoms with van der Waals surface area (Å²) in [6, 6.07) is 14.7. The molecule has 1 aliphatic rings. The maximum atomic E-state index is 13.7. The number of rotatable bonds is 5. The summed E-state index contributed by atoms with van der Waals surface area (Å²) >= 11 is 0. The molecule has 1 aliphatic carbocycles. The van der Waals surface area contributed by atoms with Crippen molar-refractivity contribution in [2.75, 3.05) is 0 Å². The third kappa shape index (κ3) is 2.88. The smallest absolute Gasteiger partial charge is 0.163 e. The Balaban J connectivity index is 1.73. The quantitative estimate of drug-likeness (QED) is 0.860. The first-order chi connectivity index (χ1) is 9.75. The molecule has 0 bridgehead atoms. The summed E-state index contributed by atoms with van der Waals surface area (Å²) in [6.45, 7) is 0.347. The summed E-state index contributed by atoms with van der Waals surface area (Å²) in [4.78, 5) is 0. The van der Waals surface area contributed by atoms with Gasteiger partial charge in [0, 0.05) is 18.2 Å². The van der Waals surface area contributed by atoms with Crippen LogP contribution in [0.3, 0.4) is 0 Å². The second-order valence-corrected chi connectivity index (χ2v) is 5.32. The van der Waals surface area contributed by atoms with E-state index in [0.717, 1.165) is 6.07 Å². The summed E-state index contributed by atoms with van der Waals surface area (Å²) in [5.41, 5.74) is 1.60. The lowest BCUT2D eigenvalue weighted by Gasteiger charge is -2.19. The van der Waals surface area contributed by atoms with Gasteiger partial charge in [-0.25, -0.2) is 8.78 Å². The molecule has 0 aromatic heterocycles. The maximum Gasteiger partial charge on any atom is 0.163 e. The van der Waals surface area contributed by atoms with Crippen LogP contribution in [0.15, 0.2) is 48.5 Å². The summed E-state index contributed by atoms with van der Waals surface area (Å²) in [5, 5.41) is 3.38. The minimum absolute atomic E-state index is 0.221. The Morgan fingerprint density at radius 1 is 1.00 bits per heavy atom. The van der Waals surface area contributed by atoms with E-state index in [9.17, 15) is 8.78 Å². The molecule has 0 heterocycles. The van der Waals surface area contributed by atoms with Crippen LogP contribution in [0.1, 0.15) is 30.0 Å². The fraction of sp³-hybridized carbons (Fsp3) is 0.294. The van der Waals surface area contributed by atoms with Crippen molar-refractivity contribution in [2.45, 2.75) is 25.4 Å². The molecule has 0 amide bonds. The molecule has 1 saturated carbocycles. The summed E-state index contributed by atoms with van der Waals surface area (Å²) in [6.07, 6.45) is 2.39. The van der Waals surface area contributed by atoms with Gasteiger partial charge in [0.25, 0.3) is 0 Å². The Morgan fingerprint density at radius 3 is 2.45 bits per heavy atom. The molecule has 0 saturated heterocycles. The van der Waals surface area contributed by atoms with Crippen molar-refractivity contribution in [3.63, 3.8) is 0 Å². The van der Waals surface area contributed by atoms with Gasteiger partial charge in [0.05, 0.1) is 0 Å². The molecule has 1 fully saturated rings. The monoisotopic (exact) mass is 273 g/mol. The van der Waals surface area contributed by atoms with Crippen molar-refractivity contribution in [1.29, 1.82) is 0 Å². The highest BCUT2D eigenvalue weighted by Gasteiger charge is 2.31. The Morgan fingerprint density at radius 2 is 1.75 bits per heavy atom. The molecule has 3 heteroatoms. The second kappa shape index (κ2) is 5.71. The van der Waals surface area contributed by atoms with Gasteiger partial charge in [-0.15, -0.1) is 0 Å². The molecule has 1 atom stereocenters. The van der Waals surface area contributed by atoms with Crippen LogP contribution in [0.4, 0.5) is 8.78 Å². The first-order valence-electron chi connectivity index (χ1n) is 6.97. The Kier molecular flexibility index (Phi) is 3.79. The van der Waals surface area contributed by atoms with Gasteiger partial charge in [-0.3, -0.25) is 0 Å². The van der Waals surface area contributed by atoms with Crippen LogP contribution in [-0.2, 0) is 6.54 Å². The molecular formula is C17H17F2N. The topological polar surface area (TPSA) is 12.0 Å². The molecule has 0 radical (unpaired) electrons. The molecule has 0 aliphatic heterocycles. The van der Waals surface area contributed by atoms with Gasteiger partial charge < -0.3 is 5.32 Å². The highest BCUT2D eigenvalue weighted by molar-refractivity contribution is 5.23. The van der Waals surface area contributed by atoms with Gasteiger partial charge in [-0.1, -0.05) is 42.5 Å². The third-order valence-electron chi connectivity index (χ3n) is 3.80. The summed E-state index contributed by atoms with van der Waals surface area (Å²) in [5.74, 6) is -0.927. The predicted octanol–water partition coefficient (Wildman–Crippen LogP) is 4.21. The zero-order chi connectivity index (χ0) is 13.9. The number of nitrogens with one attached hydrogen (secondary N) is 1. The van der Waals surface area contributed by atoms with E-state index in [-0.39, 0.29) is 6.04 Å². The number of benzene rings is 2. The van der Waals surface area contributed by atoms with E-state index in [4.69, 9.17) is 0 Å². The fourth-order valence-corrected chi connectivity index (χ4v) is 2.55. The van der Waals surface area contributed by atoms with Gasteiger partial charge in [-0.2, -0.15) is 0 Å². The lowest BCUT2D eigenvalue weighted by molar-refractivity contribution is 0.456. The van der Waals surface area contributed by atoms with Gasteiger partial charge in [0.1, 0.15) is 0 Å². The molecule has 2 aromatic carbocycles. The molecular weight excluding hydrogens is 256 g/mol. The molecule has 1 unspecified atom stereocenters. The largest absolute Gasteiger partial charge is 0.305 e. The highest BCUT2D eigenvalue weighted by Crippen LogP contribution is 2.41. The average Bonchev–Trinajstić information content (AvgIpc) is 3.29. The van der Waals surface area contributed by atoms with E-state index in [1.165, 1.54) is 18.4 Å². The molecule has 3 rings (SSSR count). The normalized spacial score (nSPS) is 16.1. The zero-order valence-corrected chi connectivity index (χ0v) is 11.2. The standard InChI is InChI=1S/C17H17F2N/c18-15-8-4-7-14(16(15)19)11-20-17(13-9-10-13)12-5-2-1-3-6-12/h1-8,13,17,20H,9-11H2. The van der Waals surface area contributed by atoms with Crippen molar-refractivity contribution in [2.24, 2.45) is 5.92 Å². The summed E-state index contributed by atoms with van der Waals surface area (Å²) in [7, 11) is 0. The van der Waals surface area contributed by atoms with E-state index in [2.05, 4.69) is 17.4 Å². The number of hydrogen-bond donors (Lipinski definition) is 1. The van der Waals surface area contributed by atoms with Crippen LogP contribution in [0.2, 0.25) is 0 Å². The van der Waals surface area contributed by atoms with Crippen LogP contribution in [-0.4, -0.2) is 0 Å². The van der Waals surface area contributed by atoms with Crippen LogP contribution in [0, 0.1) is 17.6 Å². The highest BCUT2D eigenvalue weighted by atomic mass is 19.2. The molecule has 2 aromatic rings. The van der Waals surface area contributed by atoms with Crippen LogP contribution >= 0.6 is 0 Å². The minimum atomic E-state index is -0.785. The van der Waals surface area contributed by atoms with Crippen molar-refractivity contribution < 1.29 is 8.78 Å². The SMILES string of the molecule is Fc1cccc(CNC(c2ccccc2)C2CC2)c1F. The van der Waals surface area contributed by atoms with Crippen LogP contribution in [0.25, 0.3) is 0 Å². The van der Waals surface area contributed by atoms with Crippen molar-refractivity contribution >= 4 is 0 Å². The molecule has 104 valence electrons. The van der Waals surface area contributed by atoms with E-state index in [1.54, 1.807) is 12.1 Å². The molecule has 1 N–H and O–H groups in total. The first kappa shape index (κ1) is 13.3. The molecule has 1 nitrogen and oxygen atoms in total. The number of hydrogen-bond acceptors (Lipinski definition) is 1. The van der Waals surface area contributed by atoms with Crippen LogP contribution in [0.5, 0.6) is 0 Å². The van der Waals surface area contributed by atoms with E-state index in [1.807, 2.05) is 18.2 Å². The van der Waals surface area contributed by atoms with E-state index in [0.29, 0.717) is 18.0 Å². The minimum Gasteiger partial charge on any atom is -0.305 e. The Hall–Kier alpha value is -1.74. The van der Waals surface area contributed by atoms with E-state index >= 15 is 0 Å². The van der Waals surface area contributed by atoms with Crippen LogP contribution < -0.4 is 5.32 Å². The van der Waals surface area contributed by atoms with Gasteiger partial charge >= 0.3 is 0 Å². The Bertz CT molecular complexity index is 579. The van der Waals surface area contributed by atoms with E-state index < -0.39 is 11.6 Å². The average molecular weight is 273 g/mol. The van der Waals surface area contributed by atoms with Crippen molar-refractivity contribution in [1.82, 2.24) is 5.32 Å². The zero-order valence-electron chi connectivity index (χ0n) is 11.2.